The highest BCUT2D eigenvalue weighted by atomic mass is 32.2. The summed E-state index contributed by atoms with van der Waals surface area (Å²) in [7, 11) is -2.13. The number of nitro groups is 1. The molecule has 0 amide bonds. The smallest absolute Gasteiger partial charge is 0.293 e. The monoisotopic (exact) mass is 313 g/mol. The van der Waals surface area contributed by atoms with Crippen LogP contribution in [0.25, 0.3) is 0 Å². The second kappa shape index (κ2) is 5.98. The van der Waals surface area contributed by atoms with Crippen molar-refractivity contribution in [2.24, 2.45) is 5.14 Å². The number of nitrogens with zero attached hydrogens (tertiary/aromatic N) is 2. The fourth-order valence-corrected chi connectivity index (χ4v) is 3.32. The molecule has 1 aromatic rings. The molecule has 0 heterocycles. The minimum Gasteiger partial charge on any atom is -0.366 e. The second-order valence-electron chi connectivity index (χ2n) is 5.36. The minimum atomic E-state index is -3.95. The van der Waals surface area contributed by atoms with Crippen molar-refractivity contribution in [3.63, 3.8) is 0 Å². The first kappa shape index (κ1) is 15.7. The summed E-state index contributed by atoms with van der Waals surface area (Å²) in [5.74, 6) is 0. The van der Waals surface area contributed by atoms with E-state index in [0.29, 0.717) is 5.69 Å². The normalized spacial score (nSPS) is 16.7. The Hall–Kier alpha value is -1.67. The lowest BCUT2D eigenvalue weighted by Gasteiger charge is -2.32. The number of hydrogen-bond donors (Lipinski definition) is 1. The number of hydrogen-bond acceptors (Lipinski definition) is 5. The van der Waals surface area contributed by atoms with E-state index >= 15 is 0 Å². The highest BCUT2D eigenvalue weighted by molar-refractivity contribution is 7.89. The molecular formula is C13H19N3O4S. The zero-order chi connectivity index (χ0) is 15.6. The minimum absolute atomic E-state index is 0.227. The Kier molecular flexibility index (Phi) is 4.48. The van der Waals surface area contributed by atoms with E-state index in [-0.39, 0.29) is 16.6 Å². The van der Waals surface area contributed by atoms with Crippen molar-refractivity contribution in [1.29, 1.82) is 0 Å². The van der Waals surface area contributed by atoms with Gasteiger partial charge < -0.3 is 4.90 Å². The third-order valence-electron chi connectivity index (χ3n) is 3.97. The first-order chi connectivity index (χ1) is 9.80. The molecule has 0 spiro atoms. The van der Waals surface area contributed by atoms with Gasteiger partial charge in [-0.15, -0.1) is 0 Å². The Bertz CT molecular complexity index is 639. The van der Waals surface area contributed by atoms with Gasteiger partial charge in [-0.1, -0.05) is 19.3 Å². The fourth-order valence-electron chi connectivity index (χ4n) is 2.79. The molecule has 1 fully saturated rings. The molecule has 0 aromatic heterocycles. The van der Waals surface area contributed by atoms with Crippen LogP contribution in [0.5, 0.6) is 0 Å². The molecule has 1 saturated carbocycles. The third kappa shape index (κ3) is 3.51. The topological polar surface area (TPSA) is 107 Å². The van der Waals surface area contributed by atoms with Crippen LogP contribution in [0.3, 0.4) is 0 Å². The summed E-state index contributed by atoms with van der Waals surface area (Å²) in [4.78, 5) is 12.3. The predicted octanol–water partition coefficient (Wildman–Crippen LogP) is 2.01. The predicted molar refractivity (Wildman–Crippen MR) is 79.7 cm³/mol. The Morgan fingerprint density at radius 2 is 1.90 bits per heavy atom. The number of nitrogens with two attached hydrogens (primary N) is 1. The summed E-state index contributed by atoms with van der Waals surface area (Å²) in [5.41, 5.74) is 0.203. The molecule has 8 heteroatoms. The van der Waals surface area contributed by atoms with Crippen molar-refractivity contribution >= 4 is 21.4 Å². The van der Waals surface area contributed by atoms with Crippen molar-refractivity contribution in [3.05, 3.63) is 28.3 Å². The van der Waals surface area contributed by atoms with Gasteiger partial charge >= 0.3 is 0 Å². The molecule has 0 radical (unpaired) electrons. The summed E-state index contributed by atoms with van der Waals surface area (Å²) in [6.07, 6.45) is 5.39. The lowest BCUT2D eigenvalue weighted by molar-refractivity contribution is -0.384. The van der Waals surface area contributed by atoms with E-state index in [1.54, 1.807) is 0 Å². The van der Waals surface area contributed by atoms with Crippen molar-refractivity contribution in [3.8, 4) is 0 Å². The quantitative estimate of drug-likeness (QED) is 0.676. The summed E-state index contributed by atoms with van der Waals surface area (Å²) in [5, 5.41) is 16.3. The van der Waals surface area contributed by atoms with Gasteiger partial charge in [0.2, 0.25) is 10.0 Å². The maximum Gasteiger partial charge on any atom is 0.293 e. The zero-order valence-corrected chi connectivity index (χ0v) is 12.7. The largest absolute Gasteiger partial charge is 0.366 e. The number of benzene rings is 1. The molecule has 0 bridgehead atoms. The van der Waals surface area contributed by atoms with Crippen LogP contribution in [0.4, 0.5) is 11.4 Å². The van der Waals surface area contributed by atoms with Gasteiger partial charge in [-0.05, 0) is 25.0 Å². The van der Waals surface area contributed by atoms with Crippen LogP contribution in [-0.4, -0.2) is 26.4 Å². The first-order valence-corrected chi connectivity index (χ1v) is 8.39. The van der Waals surface area contributed by atoms with Crippen LogP contribution in [-0.2, 0) is 10.0 Å². The molecule has 0 saturated heterocycles. The maximum absolute atomic E-state index is 11.3. The van der Waals surface area contributed by atoms with Crippen molar-refractivity contribution in [1.82, 2.24) is 0 Å². The zero-order valence-electron chi connectivity index (χ0n) is 11.9. The Balaban J connectivity index is 2.40. The molecule has 0 unspecified atom stereocenters. The number of primary sulfonamides is 1. The van der Waals surface area contributed by atoms with Crippen LogP contribution in [0.15, 0.2) is 23.1 Å². The number of nitro benzene ring substituents is 1. The lowest BCUT2D eigenvalue weighted by atomic mass is 9.94. The molecular weight excluding hydrogens is 294 g/mol. The Labute approximate surface area is 123 Å². The average Bonchev–Trinajstić information content (AvgIpc) is 2.45. The molecule has 21 heavy (non-hydrogen) atoms. The molecule has 0 aliphatic heterocycles. The Morgan fingerprint density at radius 1 is 1.29 bits per heavy atom. The van der Waals surface area contributed by atoms with Crippen molar-refractivity contribution in [2.45, 2.75) is 43.0 Å². The van der Waals surface area contributed by atoms with E-state index in [4.69, 9.17) is 5.14 Å². The van der Waals surface area contributed by atoms with E-state index in [0.717, 1.165) is 31.7 Å². The first-order valence-electron chi connectivity index (χ1n) is 6.85. The van der Waals surface area contributed by atoms with Gasteiger partial charge in [-0.2, -0.15) is 0 Å². The third-order valence-corrected chi connectivity index (χ3v) is 4.89. The van der Waals surface area contributed by atoms with Gasteiger partial charge in [0.1, 0.15) is 5.69 Å². The van der Waals surface area contributed by atoms with Crippen LogP contribution < -0.4 is 10.0 Å². The number of anilines is 1. The van der Waals surface area contributed by atoms with Gasteiger partial charge in [0, 0.05) is 19.2 Å². The molecule has 1 aliphatic carbocycles. The van der Waals surface area contributed by atoms with Gasteiger partial charge in [0.15, 0.2) is 0 Å². The average molecular weight is 313 g/mol. The standard InChI is InChI=1S/C13H19N3O4S/c1-15(10-5-3-2-4-6-10)12-8-7-11(21(14,19)20)9-13(12)16(17)18/h7-10H,2-6H2,1H3,(H2,14,19,20). The maximum atomic E-state index is 11.3. The number of rotatable bonds is 4. The van der Waals surface area contributed by atoms with Crippen LogP contribution in [0, 0.1) is 10.1 Å². The Morgan fingerprint density at radius 3 is 2.43 bits per heavy atom. The molecule has 116 valence electrons. The lowest BCUT2D eigenvalue weighted by Crippen LogP contribution is -2.33. The van der Waals surface area contributed by atoms with Crippen molar-refractivity contribution < 1.29 is 13.3 Å². The van der Waals surface area contributed by atoms with E-state index in [1.165, 1.54) is 18.6 Å². The summed E-state index contributed by atoms with van der Waals surface area (Å²) >= 11 is 0. The van der Waals surface area contributed by atoms with Crippen LogP contribution in [0.1, 0.15) is 32.1 Å². The van der Waals surface area contributed by atoms with Crippen molar-refractivity contribution in [2.75, 3.05) is 11.9 Å². The van der Waals surface area contributed by atoms with Gasteiger partial charge in [-0.25, -0.2) is 13.6 Å². The van der Waals surface area contributed by atoms with E-state index in [2.05, 4.69) is 0 Å². The van der Waals surface area contributed by atoms with Crippen LogP contribution >= 0.6 is 0 Å². The van der Waals surface area contributed by atoms with E-state index in [9.17, 15) is 18.5 Å². The van der Waals surface area contributed by atoms with Crippen LogP contribution in [0.2, 0.25) is 0 Å². The van der Waals surface area contributed by atoms with Gasteiger partial charge in [0.25, 0.3) is 5.69 Å². The van der Waals surface area contributed by atoms with Gasteiger partial charge in [-0.3, -0.25) is 10.1 Å². The molecule has 2 rings (SSSR count). The summed E-state index contributed by atoms with van der Waals surface area (Å²) in [6, 6.07) is 4.06. The highest BCUT2D eigenvalue weighted by Crippen LogP contribution is 2.34. The molecule has 0 atom stereocenters. The molecule has 1 aromatic carbocycles. The summed E-state index contributed by atoms with van der Waals surface area (Å²) < 4.78 is 22.7. The van der Waals surface area contributed by atoms with E-state index in [1.807, 2.05) is 11.9 Å². The van der Waals surface area contributed by atoms with Gasteiger partial charge in [0.05, 0.1) is 9.82 Å². The molecule has 1 aliphatic rings. The summed E-state index contributed by atoms with van der Waals surface area (Å²) in [6.45, 7) is 0. The highest BCUT2D eigenvalue weighted by Gasteiger charge is 2.26. The van der Waals surface area contributed by atoms with E-state index < -0.39 is 14.9 Å². The number of sulfonamides is 1. The molecule has 2 N–H and O–H groups in total. The molecule has 7 nitrogen and oxygen atoms in total. The SMILES string of the molecule is CN(c1ccc(S(N)(=O)=O)cc1[N+](=O)[O-])C1CCCCC1. The second-order valence-corrected chi connectivity index (χ2v) is 6.92. The fraction of sp³-hybridized carbons (Fsp3) is 0.538.